The van der Waals surface area contributed by atoms with E-state index in [0.717, 1.165) is 39.0 Å². The molecule has 0 unspecified atom stereocenters. The molecule has 3 nitrogen and oxygen atoms in total. The van der Waals surface area contributed by atoms with Crippen molar-refractivity contribution in [3.63, 3.8) is 0 Å². The Morgan fingerprint density at radius 1 is 0.743 bits per heavy atom. The van der Waals surface area contributed by atoms with Crippen LogP contribution in [0.1, 0.15) is 23.6 Å². The van der Waals surface area contributed by atoms with Crippen LogP contribution in [0.15, 0.2) is 131 Å². The molecule has 4 heteroatoms. The molecule has 0 saturated carbocycles. The Morgan fingerprint density at radius 2 is 1.26 bits per heavy atom. The average molecular weight is 479 g/mol. The van der Waals surface area contributed by atoms with Gasteiger partial charge in [0.25, 0.3) is 0 Å². The zero-order valence-electron chi connectivity index (χ0n) is 20.6. The van der Waals surface area contributed by atoms with Gasteiger partial charge in [-0.2, -0.15) is 4.31 Å². The molecular formula is C31H27NO2S. The summed E-state index contributed by atoms with van der Waals surface area (Å²) in [4.78, 5) is 0.265. The van der Waals surface area contributed by atoms with Crippen molar-refractivity contribution in [2.24, 2.45) is 0 Å². The first kappa shape index (κ1) is 21.8. The molecule has 0 aliphatic carbocycles. The smallest absolute Gasteiger partial charge is 0.207 e. The van der Waals surface area contributed by atoms with E-state index in [0.29, 0.717) is 6.05 Å². The maximum Gasteiger partial charge on any atom is 0.243 e. The average Bonchev–Trinajstić information content (AvgIpc) is 3.36. The van der Waals surface area contributed by atoms with Gasteiger partial charge in [0, 0.05) is 13.1 Å². The van der Waals surface area contributed by atoms with Crippen molar-refractivity contribution < 1.29 is 9.79 Å². The van der Waals surface area contributed by atoms with Crippen molar-refractivity contribution in [2.75, 3.05) is 13.1 Å². The van der Waals surface area contributed by atoms with Crippen molar-refractivity contribution in [2.45, 2.75) is 11.8 Å². The summed E-state index contributed by atoms with van der Waals surface area (Å²) in [5.74, 6) is 0. The predicted molar refractivity (Wildman–Crippen MR) is 143 cm³/mol. The summed E-state index contributed by atoms with van der Waals surface area (Å²) in [5, 5.41) is 0. The minimum absolute atomic E-state index is 0.141. The van der Waals surface area contributed by atoms with E-state index >= 15 is 0 Å². The number of rotatable bonds is 5. The number of sulfonamides is 1. The van der Waals surface area contributed by atoms with E-state index in [1.807, 2.05) is 110 Å². The highest BCUT2D eigenvalue weighted by molar-refractivity contribution is 7.89. The van der Waals surface area contributed by atoms with E-state index in [-0.39, 0.29) is 18.0 Å². The van der Waals surface area contributed by atoms with Gasteiger partial charge in [0.1, 0.15) is 0 Å². The van der Waals surface area contributed by atoms with Gasteiger partial charge in [-0.25, -0.2) is 8.42 Å². The van der Waals surface area contributed by atoms with Crippen molar-refractivity contribution >= 4 is 21.6 Å². The summed E-state index contributed by atoms with van der Waals surface area (Å²) >= 11 is 0. The van der Waals surface area contributed by atoms with E-state index in [4.69, 9.17) is 1.37 Å². The van der Waals surface area contributed by atoms with Crippen molar-refractivity contribution in [1.29, 1.82) is 0 Å². The summed E-state index contributed by atoms with van der Waals surface area (Å²) in [7, 11) is -3.75. The third-order valence-corrected chi connectivity index (χ3v) is 7.99. The second-order valence-corrected chi connectivity index (χ2v) is 10.6. The summed E-state index contributed by atoms with van der Waals surface area (Å²) in [6.07, 6.45) is 0. The van der Waals surface area contributed by atoms with Crippen LogP contribution in [-0.2, 0) is 10.0 Å². The van der Waals surface area contributed by atoms with E-state index in [9.17, 15) is 8.42 Å². The summed E-state index contributed by atoms with van der Waals surface area (Å²) < 4.78 is 38.0. The first-order valence-electron chi connectivity index (χ1n) is 12.1. The van der Waals surface area contributed by atoms with Crippen molar-refractivity contribution in [1.82, 2.24) is 4.31 Å². The van der Waals surface area contributed by atoms with Crippen LogP contribution in [0.5, 0.6) is 0 Å². The topological polar surface area (TPSA) is 37.4 Å². The van der Waals surface area contributed by atoms with Crippen LogP contribution in [0, 0.1) is 6.92 Å². The van der Waals surface area contributed by atoms with Gasteiger partial charge in [0.05, 0.1) is 6.27 Å². The minimum atomic E-state index is -3.75. The minimum Gasteiger partial charge on any atom is -0.207 e. The first-order chi connectivity index (χ1) is 17.4. The molecule has 0 spiro atoms. The fourth-order valence-electron chi connectivity index (χ4n) is 4.39. The zero-order valence-corrected chi connectivity index (χ0v) is 20.4. The van der Waals surface area contributed by atoms with Gasteiger partial charge < -0.3 is 0 Å². The molecule has 0 amide bonds. The van der Waals surface area contributed by atoms with E-state index in [2.05, 4.69) is 0 Å². The molecule has 4 aromatic carbocycles. The first-order valence-corrected chi connectivity index (χ1v) is 13.1. The summed E-state index contributed by atoms with van der Waals surface area (Å²) in [5.41, 5.74) is 6.29. The highest BCUT2D eigenvalue weighted by atomic mass is 32.2. The lowest BCUT2D eigenvalue weighted by Gasteiger charge is -2.16. The Kier molecular flexibility index (Phi) is 6.14. The molecule has 1 fully saturated rings. The molecule has 0 aromatic heterocycles. The van der Waals surface area contributed by atoms with Crippen LogP contribution in [0.2, 0.25) is 0 Å². The molecule has 1 heterocycles. The van der Waals surface area contributed by atoms with Gasteiger partial charge in [-0.15, -0.1) is 0 Å². The largest absolute Gasteiger partial charge is 0.243 e. The molecule has 1 saturated heterocycles. The van der Waals surface area contributed by atoms with Gasteiger partial charge >= 0.3 is 0 Å². The fraction of sp³-hybridized carbons (Fsp3) is 0.0968. The van der Waals surface area contributed by atoms with E-state index in [1.165, 1.54) is 4.31 Å². The van der Waals surface area contributed by atoms with Crippen molar-refractivity contribution in [3.05, 3.63) is 149 Å². The SMILES string of the molecule is [2H]/C(=C1/CN(S(=O)(=O)c2ccc(C)cc2)CC1=C(c1ccccc1)c1ccccc1)c1ccccc1. The number of aryl methyl sites for hydroxylation is 1. The lowest BCUT2D eigenvalue weighted by molar-refractivity contribution is 0.489. The molecule has 5 rings (SSSR count). The van der Waals surface area contributed by atoms with Crippen LogP contribution in [-0.4, -0.2) is 25.8 Å². The number of hydrogen-bond acceptors (Lipinski definition) is 2. The lowest BCUT2D eigenvalue weighted by atomic mass is 9.90. The quantitative estimate of drug-likeness (QED) is 0.325. The van der Waals surface area contributed by atoms with Crippen LogP contribution in [0.25, 0.3) is 11.6 Å². The fourth-order valence-corrected chi connectivity index (χ4v) is 5.77. The Hall–Kier alpha value is -3.73. The van der Waals surface area contributed by atoms with Crippen LogP contribution in [0.4, 0.5) is 0 Å². The molecule has 1 aliphatic heterocycles. The van der Waals surface area contributed by atoms with Crippen molar-refractivity contribution in [3.8, 4) is 0 Å². The second kappa shape index (κ2) is 9.87. The molecule has 174 valence electrons. The molecule has 4 aromatic rings. The zero-order chi connectivity index (χ0) is 25.1. The molecule has 0 atom stereocenters. The Morgan fingerprint density at radius 3 is 1.80 bits per heavy atom. The number of hydrogen-bond donors (Lipinski definition) is 0. The molecule has 35 heavy (non-hydrogen) atoms. The van der Waals surface area contributed by atoms with E-state index in [1.54, 1.807) is 12.1 Å². The molecule has 0 radical (unpaired) electrons. The standard InChI is InChI=1S/C31H27NO2S/c1-24-17-19-29(20-18-24)35(33,34)32-22-28(21-25-11-5-2-6-12-25)30(23-32)31(26-13-7-3-8-14-26)27-15-9-4-10-16-27/h2-21H,22-23H2,1H3/b28-21+/i21D. The Bertz CT molecular complexity index is 1490. The second-order valence-electron chi connectivity index (χ2n) is 8.64. The molecular weight excluding hydrogens is 450 g/mol. The Balaban J connectivity index is 1.74. The van der Waals surface area contributed by atoms with Gasteiger partial charge in [-0.05, 0) is 52.5 Å². The van der Waals surface area contributed by atoms with Crippen LogP contribution >= 0.6 is 0 Å². The molecule has 1 aliphatic rings. The van der Waals surface area contributed by atoms with Crippen LogP contribution in [0.3, 0.4) is 0 Å². The summed E-state index contributed by atoms with van der Waals surface area (Å²) in [6.45, 7) is 2.27. The number of nitrogens with zero attached hydrogens (tertiary/aromatic N) is 1. The van der Waals surface area contributed by atoms with Crippen LogP contribution < -0.4 is 0 Å². The maximum absolute atomic E-state index is 13.7. The predicted octanol–water partition coefficient (Wildman–Crippen LogP) is 6.59. The maximum atomic E-state index is 13.7. The van der Waals surface area contributed by atoms with Gasteiger partial charge in [0.2, 0.25) is 10.0 Å². The van der Waals surface area contributed by atoms with Gasteiger partial charge in [-0.3, -0.25) is 0 Å². The normalized spacial score (nSPS) is 16.1. The molecule has 0 bridgehead atoms. The highest BCUT2D eigenvalue weighted by Gasteiger charge is 2.34. The third-order valence-electron chi connectivity index (χ3n) is 6.19. The van der Waals surface area contributed by atoms with E-state index < -0.39 is 10.0 Å². The monoisotopic (exact) mass is 478 g/mol. The Labute approximate surface area is 209 Å². The highest BCUT2D eigenvalue weighted by Crippen LogP contribution is 2.37. The lowest BCUT2D eigenvalue weighted by Crippen LogP contribution is -2.28. The van der Waals surface area contributed by atoms with Gasteiger partial charge in [-0.1, -0.05) is 115 Å². The number of benzene rings is 4. The molecule has 0 N–H and O–H groups in total. The third kappa shape index (κ3) is 4.90. The summed E-state index contributed by atoms with van der Waals surface area (Å²) in [6, 6.07) is 36.8. The van der Waals surface area contributed by atoms with Gasteiger partial charge in [0.15, 0.2) is 0 Å².